The van der Waals surface area contributed by atoms with Gasteiger partial charge in [-0.25, -0.2) is 23.1 Å². The number of anilines is 3. The lowest BCUT2D eigenvalue weighted by Gasteiger charge is -2.31. The van der Waals surface area contributed by atoms with Crippen molar-refractivity contribution < 1.29 is 13.2 Å². The van der Waals surface area contributed by atoms with Gasteiger partial charge in [0.05, 0.1) is 10.6 Å². The first-order valence-corrected chi connectivity index (χ1v) is 13.3. The average Bonchev–Trinajstić information content (AvgIpc) is 2.94. The molecule has 2 aromatic carbocycles. The molecule has 1 aliphatic heterocycles. The van der Waals surface area contributed by atoms with Crippen LogP contribution in [0.3, 0.4) is 0 Å². The summed E-state index contributed by atoms with van der Waals surface area (Å²) in [6.45, 7) is 1.39. The Labute approximate surface area is 214 Å². The van der Waals surface area contributed by atoms with Crippen molar-refractivity contribution in [3.8, 4) is 11.3 Å². The molecule has 3 heterocycles. The molecule has 1 fully saturated rings. The summed E-state index contributed by atoms with van der Waals surface area (Å²) in [5, 5.41) is 11.6. The number of benzene rings is 2. The van der Waals surface area contributed by atoms with E-state index in [0.717, 1.165) is 17.1 Å². The van der Waals surface area contributed by atoms with E-state index >= 15 is 0 Å². The van der Waals surface area contributed by atoms with Crippen LogP contribution in [0, 0.1) is 5.92 Å². The quantitative estimate of drug-likeness (QED) is 0.382. The molecule has 1 amide bonds. The van der Waals surface area contributed by atoms with Crippen LogP contribution in [0.25, 0.3) is 11.3 Å². The van der Waals surface area contributed by atoms with Gasteiger partial charge < -0.3 is 10.2 Å². The zero-order valence-corrected chi connectivity index (χ0v) is 20.7. The molecule has 4 aromatic rings. The minimum Gasteiger partial charge on any atom is -0.355 e. The van der Waals surface area contributed by atoms with Crippen molar-refractivity contribution in [1.82, 2.24) is 20.2 Å². The van der Waals surface area contributed by atoms with Crippen molar-refractivity contribution in [3.63, 3.8) is 0 Å². The summed E-state index contributed by atoms with van der Waals surface area (Å²) in [5.74, 6) is 0.555. The Kier molecular flexibility index (Phi) is 7.04. The number of amides is 1. The van der Waals surface area contributed by atoms with E-state index in [9.17, 15) is 13.2 Å². The molecule has 1 saturated heterocycles. The van der Waals surface area contributed by atoms with Crippen molar-refractivity contribution in [2.75, 3.05) is 28.0 Å². The zero-order valence-electron chi connectivity index (χ0n) is 19.9. The van der Waals surface area contributed by atoms with Crippen LogP contribution in [-0.4, -0.2) is 47.6 Å². The summed E-state index contributed by atoms with van der Waals surface area (Å²) < 4.78 is 27.4. The average molecular weight is 516 g/mol. The minimum absolute atomic E-state index is 0.00987. The fraction of sp³-hybridized carbons (Fsp3) is 0.192. The maximum atomic E-state index is 12.8. The molecule has 0 saturated carbocycles. The molecule has 188 valence electrons. The van der Waals surface area contributed by atoms with Crippen LogP contribution in [0.1, 0.15) is 12.8 Å². The SMILES string of the molecule is O=C(Nc1ccc(S(=O)(=O)Nc2ncccn2)cc1)C1CCN(c2ccc(-c3ccccc3)nn2)CC1. The van der Waals surface area contributed by atoms with E-state index in [4.69, 9.17) is 0 Å². The van der Waals surface area contributed by atoms with Gasteiger partial charge in [0, 0.05) is 42.7 Å². The summed E-state index contributed by atoms with van der Waals surface area (Å²) >= 11 is 0. The van der Waals surface area contributed by atoms with E-state index in [1.165, 1.54) is 24.5 Å². The molecule has 0 unspecified atom stereocenters. The van der Waals surface area contributed by atoms with Gasteiger partial charge >= 0.3 is 0 Å². The van der Waals surface area contributed by atoms with Gasteiger partial charge in [-0.15, -0.1) is 10.2 Å². The van der Waals surface area contributed by atoms with Crippen molar-refractivity contribution in [3.05, 3.63) is 85.2 Å². The molecule has 11 heteroatoms. The number of hydrogen-bond donors (Lipinski definition) is 2. The lowest BCUT2D eigenvalue weighted by atomic mass is 9.96. The number of nitrogens with zero attached hydrogens (tertiary/aromatic N) is 5. The highest BCUT2D eigenvalue weighted by molar-refractivity contribution is 7.92. The first kappa shape index (κ1) is 24.3. The highest BCUT2D eigenvalue weighted by Gasteiger charge is 2.26. The van der Waals surface area contributed by atoms with E-state index in [1.54, 1.807) is 18.2 Å². The van der Waals surface area contributed by atoms with Crippen LogP contribution in [0.4, 0.5) is 17.5 Å². The van der Waals surface area contributed by atoms with Crippen LogP contribution >= 0.6 is 0 Å². The monoisotopic (exact) mass is 515 g/mol. The van der Waals surface area contributed by atoms with Gasteiger partial charge in [0.2, 0.25) is 11.9 Å². The highest BCUT2D eigenvalue weighted by Crippen LogP contribution is 2.25. The van der Waals surface area contributed by atoms with Crippen LogP contribution < -0.4 is 14.9 Å². The Bertz CT molecular complexity index is 1440. The second-order valence-electron chi connectivity index (χ2n) is 8.60. The van der Waals surface area contributed by atoms with Crippen LogP contribution in [0.15, 0.2) is 90.1 Å². The zero-order chi connectivity index (χ0) is 25.7. The predicted molar refractivity (Wildman–Crippen MR) is 140 cm³/mol. The van der Waals surface area contributed by atoms with Crippen molar-refractivity contribution >= 4 is 33.4 Å². The molecule has 0 aliphatic carbocycles. The molecule has 37 heavy (non-hydrogen) atoms. The molecule has 0 spiro atoms. The van der Waals surface area contributed by atoms with Gasteiger partial charge in [0.25, 0.3) is 10.0 Å². The molecule has 0 atom stereocenters. The lowest BCUT2D eigenvalue weighted by molar-refractivity contribution is -0.120. The predicted octanol–water partition coefficient (Wildman–Crippen LogP) is 3.59. The summed E-state index contributed by atoms with van der Waals surface area (Å²) in [4.78, 5) is 22.8. The Balaban J connectivity index is 1.14. The molecule has 10 nitrogen and oxygen atoms in total. The lowest BCUT2D eigenvalue weighted by Crippen LogP contribution is -2.38. The number of carbonyl (C=O) groups is 1. The van der Waals surface area contributed by atoms with Gasteiger partial charge in [-0.1, -0.05) is 30.3 Å². The Morgan fingerprint density at radius 1 is 0.838 bits per heavy atom. The second kappa shape index (κ2) is 10.7. The fourth-order valence-electron chi connectivity index (χ4n) is 4.12. The highest BCUT2D eigenvalue weighted by atomic mass is 32.2. The second-order valence-corrected chi connectivity index (χ2v) is 10.3. The Morgan fingerprint density at radius 3 is 2.19 bits per heavy atom. The normalized spacial score (nSPS) is 14.2. The minimum atomic E-state index is -3.83. The largest absolute Gasteiger partial charge is 0.355 e. The molecule has 5 rings (SSSR count). The van der Waals surface area contributed by atoms with E-state index in [1.807, 2.05) is 42.5 Å². The third-order valence-electron chi connectivity index (χ3n) is 6.13. The molecule has 1 aliphatic rings. The smallest absolute Gasteiger partial charge is 0.264 e. The van der Waals surface area contributed by atoms with E-state index in [0.29, 0.717) is 31.6 Å². The topological polar surface area (TPSA) is 130 Å². The molecule has 2 aromatic heterocycles. The maximum absolute atomic E-state index is 12.8. The van der Waals surface area contributed by atoms with Gasteiger partial charge in [-0.2, -0.15) is 0 Å². The van der Waals surface area contributed by atoms with Gasteiger partial charge in [0.15, 0.2) is 5.82 Å². The summed E-state index contributed by atoms with van der Waals surface area (Å²) in [5.41, 5.74) is 2.37. The third kappa shape index (κ3) is 5.89. The number of aromatic nitrogens is 4. The number of carbonyl (C=O) groups excluding carboxylic acids is 1. The molecule has 0 radical (unpaired) electrons. The first-order valence-electron chi connectivity index (χ1n) is 11.8. The van der Waals surface area contributed by atoms with E-state index in [-0.39, 0.29) is 22.7 Å². The van der Waals surface area contributed by atoms with Crippen molar-refractivity contribution in [2.24, 2.45) is 5.92 Å². The number of sulfonamides is 1. The number of piperidine rings is 1. The summed E-state index contributed by atoms with van der Waals surface area (Å²) in [7, 11) is -3.83. The molecular weight excluding hydrogens is 490 g/mol. The molecule has 0 bridgehead atoms. The number of rotatable bonds is 7. The van der Waals surface area contributed by atoms with Crippen LogP contribution in [0.2, 0.25) is 0 Å². The van der Waals surface area contributed by atoms with Crippen LogP contribution in [0.5, 0.6) is 0 Å². The van der Waals surface area contributed by atoms with Crippen molar-refractivity contribution in [2.45, 2.75) is 17.7 Å². The van der Waals surface area contributed by atoms with E-state index in [2.05, 4.69) is 35.1 Å². The third-order valence-corrected chi connectivity index (χ3v) is 7.48. The van der Waals surface area contributed by atoms with Crippen LogP contribution in [-0.2, 0) is 14.8 Å². The fourth-order valence-corrected chi connectivity index (χ4v) is 5.08. The van der Waals surface area contributed by atoms with Gasteiger partial charge in [-0.3, -0.25) is 4.79 Å². The molecule has 2 N–H and O–H groups in total. The van der Waals surface area contributed by atoms with E-state index < -0.39 is 10.0 Å². The summed E-state index contributed by atoms with van der Waals surface area (Å²) in [6, 6.07) is 21.4. The number of hydrogen-bond acceptors (Lipinski definition) is 8. The van der Waals surface area contributed by atoms with Gasteiger partial charge in [0.1, 0.15) is 0 Å². The molecular formula is C26H25N7O3S. The first-order chi connectivity index (χ1) is 18.0. The van der Waals surface area contributed by atoms with Crippen molar-refractivity contribution in [1.29, 1.82) is 0 Å². The Morgan fingerprint density at radius 2 is 1.54 bits per heavy atom. The standard InChI is InChI=1S/C26H25N7O3S/c34-25(29-21-7-9-22(10-8-21)37(35,36)32-26-27-15-4-16-28-26)20-13-17-33(18-14-20)24-12-11-23(30-31-24)19-5-2-1-3-6-19/h1-12,15-16,20H,13-14,17-18H2,(H,29,34)(H,27,28,32). The summed E-state index contributed by atoms with van der Waals surface area (Å²) in [6.07, 6.45) is 4.26. The van der Waals surface area contributed by atoms with Gasteiger partial charge in [-0.05, 0) is 55.3 Å². The number of nitrogens with one attached hydrogen (secondary N) is 2. The Hall–Kier alpha value is -4.38. The maximum Gasteiger partial charge on any atom is 0.264 e.